The first-order valence-corrected chi connectivity index (χ1v) is 9.67. The number of rotatable bonds is 8. The Morgan fingerprint density at radius 1 is 1.07 bits per heavy atom. The van der Waals surface area contributed by atoms with Crippen molar-refractivity contribution in [3.63, 3.8) is 0 Å². The van der Waals surface area contributed by atoms with E-state index in [2.05, 4.69) is 41.4 Å². The number of nitrogens with zero attached hydrogens (tertiary/aromatic N) is 6. The van der Waals surface area contributed by atoms with Crippen molar-refractivity contribution >= 4 is 34.1 Å². The maximum atomic E-state index is 12.3. The molecule has 0 radical (unpaired) electrons. The number of benzene rings is 1. The van der Waals surface area contributed by atoms with Gasteiger partial charge in [-0.15, -0.1) is 11.3 Å². The molecule has 11 heteroatoms. The van der Waals surface area contributed by atoms with Crippen molar-refractivity contribution in [2.24, 2.45) is 0 Å². The summed E-state index contributed by atoms with van der Waals surface area (Å²) < 4.78 is 1.60. The molecule has 3 N–H and O–H groups in total. The van der Waals surface area contributed by atoms with Crippen LogP contribution < -0.4 is 16.0 Å². The zero-order valence-electron chi connectivity index (χ0n) is 15.2. The van der Waals surface area contributed by atoms with Crippen LogP contribution in [0.1, 0.15) is 10.5 Å². The first-order chi connectivity index (χ1) is 14.3. The Kier molecular flexibility index (Phi) is 5.67. The third-order valence-electron chi connectivity index (χ3n) is 3.80. The molecular weight excluding hydrogens is 390 g/mol. The molecule has 0 aliphatic rings. The average Bonchev–Trinajstić information content (AvgIpc) is 3.42. The van der Waals surface area contributed by atoms with Crippen molar-refractivity contribution in [1.29, 1.82) is 0 Å². The second-order valence-electron chi connectivity index (χ2n) is 5.81. The summed E-state index contributed by atoms with van der Waals surface area (Å²) in [7, 11) is 0. The fraction of sp³-hybridized carbons (Fsp3) is 0.111. The molecule has 29 heavy (non-hydrogen) atoms. The molecular formula is C18H17N9OS. The van der Waals surface area contributed by atoms with Crippen LogP contribution in [0, 0.1) is 0 Å². The van der Waals surface area contributed by atoms with E-state index in [1.165, 1.54) is 11.3 Å². The van der Waals surface area contributed by atoms with Crippen LogP contribution in [0.3, 0.4) is 0 Å². The Balaban J connectivity index is 1.27. The lowest BCUT2D eigenvalue weighted by molar-refractivity contribution is 0.0951. The standard InChI is InChI=1S/C18H17N9OS/c28-16(14-12-29-18(22-14)23-15-8-4-5-9-19-15)20-10-11-21-17-24-25-26-27(17)13-6-2-1-3-7-13/h1-9,12H,10-11H2,(H,20,28)(H,19,22,23)(H,21,24,26). The van der Waals surface area contributed by atoms with Crippen LogP contribution in [-0.4, -0.2) is 49.2 Å². The molecule has 146 valence electrons. The van der Waals surface area contributed by atoms with Crippen molar-refractivity contribution in [2.45, 2.75) is 0 Å². The van der Waals surface area contributed by atoms with E-state index >= 15 is 0 Å². The minimum atomic E-state index is -0.250. The zero-order valence-corrected chi connectivity index (χ0v) is 16.0. The highest BCUT2D eigenvalue weighted by Crippen LogP contribution is 2.19. The zero-order chi connectivity index (χ0) is 19.9. The Morgan fingerprint density at radius 3 is 2.76 bits per heavy atom. The van der Waals surface area contributed by atoms with E-state index in [4.69, 9.17) is 0 Å². The van der Waals surface area contributed by atoms with Gasteiger partial charge in [0, 0.05) is 24.7 Å². The molecule has 1 aromatic carbocycles. The molecule has 4 aromatic rings. The summed E-state index contributed by atoms with van der Waals surface area (Å²) in [6, 6.07) is 15.1. The lowest BCUT2D eigenvalue weighted by atomic mass is 10.3. The molecule has 0 spiro atoms. The smallest absolute Gasteiger partial charge is 0.270 e. The Hall–Kier alpha value is -3.86. The van der Waals surface area contributed by atoms with Gasteiger partial charge >= 0.3 is 0 Å². The predicted molar refractivity (Wildman–Crippen MR) is 110 cm³/mol. The number of nitrogens with one attached hydrogen (secondary N) is 3. The Morgan fingerprint density at radius 2 is 1.93 bits per heavy atom. The van der Waals surface area contributed by atoms with Gasteiger partial charge in [0.1, 0.15) is 11.5 Å². The fourth-order valence-electron chi connectivity index (χ4n) is 2.46. The number of aromatic nitrogens is 6. The number of thiazole rings is 1. The van der Waals surface area contributed by atoms with E-state index in [1.807, 2.05) is 48.5 Å². The van der Waals surface area contributed by atoms with E-state index in [0.29, 0.717) is 35.7 Å². The van der Waals surface area contributed by atoms with Gasteiger partial charge in [0.05, 0.1) is 5.69 Å². The van der Waals surface area contributed by atoms with E-state index in [1.54, 1.807) is 16.3 Å². The lowest BCUT2D eigenvalue weighted by Gasteiger charge is -2.07. The number of pyridine rings is 1. The molecule has 1 amide bonds. The molecule has 10 nitrogen and oxygen atoms in total. The topological polar surface area (TPSA) is 123 Å². The van der Waals surface area contributed by atoms with Crippen LogP contribution in [0.2, 0.25) is 0 Å². The van der Waals surface area contributed by atoms with E-state index in [9.17, 15) is 4.79 Å². The Bertz CT molecular complexity index is 1070. The van der Waals surface area contributed by atoms with Crippen LogP contribution in [0.4, 0.5) is 16.9 Å². The number of para-hydroxylation sites is 1. The molecule has 0 atom stereocenters. The first kappa shape index (κ1) is 18.5. The average molecular weight is 407 g/mol. The first-order valence-electron chi connectivity index (χ1n) is 8.79. The molecule has 0 saturated carbocycles. The number of tetrazole rings is 1. The van der Waals surface area contributed by atoms with Gasteiger partial charge in [-0.3, -0.25) is 4.79 Å². The van der Waals surface area contributed by atoms with Crippen molar-refractivity contribution in [3.05, 3.63) is 65.8 Å². The summed E-state index contributed by atoms with van der Waals surface area (Å²) >= 11 is 1.34. The number of amides is 1. The van der Waals surface area contributed by atoms with Crippen molar-refractivity contribution < 1.29 is 4.79 Å². The number of carbonyl (C=O) groups is 1. The van der Waals surface area contributed by atoms with Gasteiger partial charge in [-0.05, 0) is 34.7 Å². The van der Waals surface area contributed by atoms with Crippen LogP contribution in [0.25, 0.3) is 5.69 Å². The quantitative estimate of drug-likeness (QED) is 0.380. The predicted octanol–water partition coefficient (Wildman–Crippen LogP) is 2.10. The SMILES string of the molecule is O=C(NCCNc1nnnn1-c1ccccc1)c1csc(Nc2ccccn2)n1. The summed E-state index contributed by atoms with van der Waals surface area (Å²) in [5.41, 5.74) is 1.20. The maximum absolute atomic E-state index is 12.3. The summed E-state index contributed by atoms with van der Waals surface area (Å²) in [5, 5.41) is 22.9. The Labute approximate surface area is 170 Å². The number of hydrogen-bond donors (Lipinski definition) is 3. The summed E-state index contributed by atoms with van der Waals surface area (Å²) in [4.78, 5) is 20.7. The van der Waals surface area contributed by atoms with Gasteiger partial charge in [-0.2, -0.15) is 4.68 Å². The molecule has 3 heterocycles. The highest BCUT2D eigenvalue weighted by Gasteiger charge is 2.11. The largest absolute Gasteiger partial charge is 0.351 e. The summed E-state index contributed by atoms with van der Waals surface area (Å²) in [6.07, 6.45) is 1.69. The molecule has 0 bridgehead atoms. The van der Waals surface area contributed by atoms with Crippen molar-refractivity contribution in [1.82, 2.24) is 35.5 Å². The molecule has 0 saturated heterocycles. The number of anilines is 3. The molecule has 3 aromatic heterocycles. The van der Waals surface area contributed by atoms with Crippen LogP contribution in [-0.2, 0) is 0 Å². The fourth-order valence-corrected chi connectivity index (χ4v) is 3.16. The van der Waals surface area contributed by atoms with Gasteiger partial charge in [0.15, 0.2) is 5.13 Å². The van der Waals surface area contributed by atoms with Gasteiger partial charge in [-0.25, -0.2) is 9.97 Å². The monoisotopic (exact) mass is 407 g/mol. The molecule has 0 fully saturated rings. The van der Waals surface area contributed by atoms with Crippen molar-refractivity contribution in [3.8, 4) is 5.69 Å². The minimum absolute atomic E-state index is 0.250. The molecule has 4 rings (SSSR count). The second kappa shape index (κ2) is 8.89. The summed E-state index contributed by atoms with van der Waals surface area (Å²) in [6.45, 7) is 0.850. The van der Waals surface area contributed by atoms with E-state index in [0.717, 1.165) is 5.69 Å². The van der Waals surface area contributed by atoms with E-state index < -0.39 is 0 Å². The molecule has 0 aliphatic carbocycles. The van der Waals surface area contributed by atoms with Gasteiger partial charge < -0.3 is 16.0 Å². The van der Waals surface area contributed by atoms with Crippen molar-refractivity contribution in [2.75, 3.05) is 23.7 Å². The summed E-state index contributed by atoms with van der Waals surface area (Å²) in [5.74, 6) is 0.926. The lowest BCUT2D eigenvalue weighted by Crippen LogP contribution is -2.29. The minimum Gasteiger partial charge on any atom is -0.351 e. The normalized spacial score (nSPS) is 10.5. The highest BCUT2D eigenvalue weighted by molar-refractivity contribution is 7.14. The van der Waals surface area contributed by atoms with Crippen LogP contribution in [0.5, 0.6) is 0 Å². The third-order valence-corrected chi connectivity index (χ3v) is 4.56. The van der Waals surface area contributed by atoms with Gasteiger partial charge in [0.2, 0.25) is 5.95 Å². The number of hydrogen-bond acceptors (Lipinski definition) is 9. The van der Waals surface area contributed by atoms with Gasteiger partial charge in [-0.1, -0.05) is 29.4 Å². The maximum Gasteiger partial charge on any atom is 0.270 e. The highest BCUT2D eigenvalue weighted by atomic mass is 32.1. The van der Waals surface area contributed by atoms with Crippen LogP contribution in [0.15, 0.2) is 60.1 Å². The van der Waals surface area contributed by atoms with Gasteiger partial charge in [0.25, 0.3) is 5.91 Å². The second-order valence-corrected chi connectivity index (χ2v) is 6.67. The van der Waals surface area contributed by atoms with E-state index in [-0.39, 0.29) is 5.91 Å². The number of carbonyl (C=O) groups excluding carboxylic acids is 1. The van der Waals surface area contributed by atoms with Crippen LogP contribution >= 0.6 is 11.3 Å². The third kappa shape index (κ3) is 4.71. The molecule has 0 unspecified atom stereocenters. The molecule has 0 aliphatic heterocycles.